The van der Waals surface area contributed by atoms with Crippen LogP contribution < -0.4 is 4.74 Å². The van der Waals surface area contributed by atoms with Crippen molar-refractivity contribution in [2.24, 2.45) is 0 Å². The molecule has 0 bridgehead atoms. The fourth-order valence-corrected chi connectivity index (χ4v) is 1.91. The van der Waals surface area contributed by atoms with Gasteiger partial charge in [0.2, 0.25) is 5.92 Å². The summed E-state index contributed by atoms with van der Waals surface area (Å²) in [4.78, 5) is 0. The summed E-state index contributed by atoms with van der Waals surface area (Å²) in [6.45, 7) is 0. The molecule has 6 heteroatoms. The lowest BCUT2D eigenvalue weighted by atomic mass is 9.79. The van der Waals surface area contributed by atoms with E-state index in [1.807, 2.05) is 0 Å². The van der Waals surface area contributed by atoms with Gasteiger partial charge in [-0.3, -0.25) is 0 Å². The minimum absolute atomic E-state index is 0.210. The number of aromatic nitrogens is 2. The van der Waals surface area contributed by atoms with Gasteiger partial charge >= 0.3 is 0 Å². The number of alkyl halides is 2. The van der Waals surface area contributed by atoms with Crippen molar-refractivity contribution in [1.29, 1.82) is 0 Å². The van der Waals surface area contributed by atoms with Gasteiger partial charge in [0.05, 0.1) is 13.3 Å². The molecule has 0 N–H and O–H groups in total. The number of nitrogens with zero attached hydrogens (tertiary/aromatic N) is 2. The molecule has 1 aliphatic rings. The number of methoxy groups -OCH3 is 1. The Bertz CT molecular complexity index is 378. The number of hydrogen-bond donors (Lipinski definition) is 0. The monoisotopic (exact) mass is 234 g/mol. The molecule has 1 fully saturated rings. The third-order valence-electron chi connectivity index (χ3n) is 2.47. The molecule has 0 aromatic carbocycles. The molecular weight excluding hydrogens is 226 g/mol. The van der Waals surface area contributed by atoms with E-state index in [1.165, 1.54) is 13.3 Å². The highest BCUT2D eigenvalue weighted by atomic mass is 35.5. The maximum Gasteiger partial charge on any atom is 0.249 e. The van der Waals surface area contributed by atoms with Crippen molar-refractivity contribution in [1.82, 2.24) is 10.2 Å². The summed E-state index contributed by atoms with van der Waals surface area (Å²) in [5.74, 6) is -2.53. The molecule has 0 aliphatic heterocycles. The van der Waals surface area contributed by atoms with E-state index in [1.54, 1.807) is 0 Å². The van der Waals surface area contributed by atoms with Gasteiger partial charge in [0.25, 0.3) is 0 Å². The molecule has 0 atom stereocenters. The third-order valence-corrected chi connectivity index (χ3v) is 2.74. The minimum atomic E-state index is -2.58. The number of halogens is 3. The van der Waals surface area contributed by atoms with E-state index >= 15 is 0 Å². The predicted molar refractivity (Wildman–Crippen MR) is 50.5 cm³/mol. The first-order valence-corrected chi connectivity index (χ1v) is 4.84. The molecule has 0 amide bonds. The van der Waals surface area contributed by atoms with Gasteiger partial charge in [0.1, 0.15) is 10.7 Å². The first-order chi connectivity index (χ1) is 7.03. The molecule has 2 rings (SSSR count). The molecule has 1 aromatic rings. The molecule has 15 heavy (non-hydrogen) atoms. The Morgan fingerprint density at radius 2 is 2.20 bits per heavy atom. The van der Waals surface area contributed by atoms with E-state index in [-0.39, 0.29) is 18.8 Å². The summed E-state index contributed by atoms with van der Waals surface area (Å²) in [5, 5.41) is 7.75. The van der Waals surface area contributed by atoms with Gasteiger partial charge in [-0.2, -0.15) is 10.2 Å². The topological polar surface area (TPSA) is 35.0 Å². The predicted octanol–water partition coefficient (Wildman–Crippen LogP) is 2.65. The van der Waals surface area contributed by atoms with Crippen molar-refractivity contribution in [3.63, 3.8) is 0 Å². The molecule has 1 heterocycles. The van der Waals surface area contributed by atoms with Crippen molar-refractivity contribution in [3.8, 4) is 5.75 Å². The summed E-state index contributed by atoms with van der Waals surface area (Å²) >= 11 is 5.81. The summed E-state index contributed by atoms with van der Waals surface area (Å²) in [5.41, 5.74) is 0.427. The van der Waals surface area contributed by atoms with Crippen LogP contribution in [-0.4, -0.2) is 23.2 Å². The second kappa shape index (κ2) is 3.56. The molecular formula is C9H9ClF2N2O. The fourth-order valence-electron chi connectivity index (χ4n) is 1.69. The highest BCUT2D eigenvalue weighted by molar-refractivity contribution is 6.32. The Morgan fingerprint density at radius 1 is 1.53 bits per heavy atom. The lowest BCUT2D eigenvalue weighted by Crippen LogP contribution is -2.34. The standard InChI is InChI=1S/C9H9ClF2N2O/c1-15-8-6(10)4-13-14-7(8)5-2-9(11,12)3-5/h4-5H,2-3H2,1H3. The average Bonchev–Trinajstić information content (AvgIpc) is 2.13. The van der Waals surface area contributed by atoms with Gasteiger partial charge < -0.3 is 4.74 Å². The van der Waals surface area contributed by atoms with Gasteiger partial charge in [-0.15, -0.1) is 0 Å². The molecule has 1 saturated carbocycles. The third kappa shape index (κ3) is 1.88. The van der Waals surface area contributed by atoms with Crippen LogP contribution in [0.1, 0.15) is 24.5 Å². The van der Waals surface area contributed by atoms with Gasteiger partial charge in [-0.1, -0.05) is 11.6 Å². The molecule has 1 aromatic heterocycles. The molecule has 0 spiro atoms. The quantitative estimate of drug-likeness (QED) is 0.789. The zero-order chi connectivity index (χ0) is 11.1. The lowest BCUT2D eigenvalue weighted by Gasteiger charge is -2.34. The maximum atomic E-state index is 12.7. The molecule has 3 nitrogen and oxygen atoms in total. The Morgan fingerprint density at radius 3 is 2.73 bits per heavy atom. The Labute approximate surface area is 90.4 Å². The number of hydrogen-bond acceptors (Lipinski definition) is 3. The van der Waals surface area contributed by atoms with Crippen molar-refractivity contribution in [2.45, 2.75) is 24.7 Å². The summed E-state index contributed by atoms with van der Waals surface area (Å²) in [7, 11) is 1.43. The van der Waals surface area contributed by atoms with Gasteiger partial charge in [-0.25, -0.2) is 8.78 Å². The van der Waals surface area contributed by atoms with Crippen molar-refractivity contribution in [2.75, 3.05) is 7.11 Å². The summed E-state index contributed by atoms with van der Waals surface area (Å²) < 4.78 is 30.4. The Balaban J connectivity index is 2.26. The van der Waals surface area contributed by atoms with Crippen LogP contribution in [0.15, 0.2) is 6.20 Å². The van der Waals surface area contributed by atoms with Crippen LogP contribution in [-0.2, 0) is 0 Å². The van der Waals surface area contributed by atoms with Crippen LogP contribution in [0.4, 0.5) is 8.78 Å². The summed E-state index contributed by atoms with van der Waals surface area (Å²) in [6, 6.07) is 0. The van der Waals surface area contributed by atoms with Crippen LogP contribution in [0.25, 0.3) is 0 Å². The molecule has 0 saturated heterocycles. The molecule has 0 unspecified atom stereocenters. The second-order valence-electron chi connectivity index (χ2n) is 3.57. The van der Waals surface area contributed by atoms with Crippen LogP contribution in [0.5, 0.6) is 5.75 Å². The van der Waals surface area contributed by atoms with E-state index < -0.39 is 5.92 Å². The molecule has 0 radical (unpaired) electrons. The summed E-state index contributed by atoms with van der Waals surface area (Å²) in [6.07, 6.45) is 0.914. The van der Waals surface area contributed by atoms with Gasteiger partial charge in [-0.05, 0) is 0 Å². The van der Waals surface area contributed by atoms with E-state index in [4.69, 9.17) is 16.3 Å². The first-order valence-electron chi connectivity index (χ1n) is 4.46. The van der Waals surface area contributed by atoms with Crippen LogP contribution in [0.3, 0.4) is 0 Å². The van der Waals surface area contributed by atoms with Crippen molar-refractivity contribution in [3.05, 3.63) is 16.9 Å². The molecule has 82 valence electrons. The maximum absolute atomic E-state index is 12.7. The van der Waals surface area contributed by atoms with Crippen molar-refractivity contribution < 1.29 is 13.5 Å². The largest absolute Gasteiger partial charge is 0.493 e. The second-order valence-corrected chi connectivity index (χ2v) is 3.98. The van der Waals surface area contributed by atoms with E-state index in [0.717, 1.165) is 0 Å². The minimum Gasteiger partial charge on any atom is -0.493 e. The van der Waals surface area contributed by atoms with E-state index in [0.29, 0.717) is 16.5 Å². The number of ether oxygens (including phenoxy) is 1. The Kier molecular flexibility index (Phi) is 2.50. The smallest absolute Gasteiger partial charge is 0.249 e. The van der Waals surface area contributed by atoms with Crippen LogP contribution in [0, 0.1) is 0 Å². The fraction of sp³-hybridized carbons (Fsp3) is 0.556. The SMILES string of the molecule is COc1c(Cl)cnnc1C1CC(F)(F)C1. The highest BCUT2D eigenvalue weighted by Crippen LogP contribution is 2.50. The van der Waals surface area contributed by atoms with Crippen molar-refractivity contribution >= 4 is 11.6 Å². The van der Waals surface area contributed by atoms with Crippen LogP contribution in [0.2, 0.25) is 5.02 Å². The van der Waals surface area contributed by atoms with Gasteiger partial charge in [0, 0.05) is 18.8 Å². The Hall–Kier alpha value is -0.970. The van der Waals surface area contributed by atoms with E-state index in [9.17, 15) is 8.78 Å². The molecule has 1 aliphatic carbocycles. The van der Waals surface area contributed by atoms with Crippen LogP contribution >= 0.6 is 11.6 Å². The lowest BCUT2D eigenvalue weighted by molar-refractivity contribution is -0.0880. The normalized spacial score (nSPS) is 19.7. The average molecular weight is 235 g/mol. The zero-order valence-corrected chi connectivity index (χ0v) is 8.76. The first kappa shape index (κ1) is 10.5. The zero-order valence-electron chi connectivity index (χ0n) is 8.01. The highest BCUT2D eigenvalue weighted by Gasteiger charge is 2.47. The van der Waals surface area contributed by atoms with Gasteiger partial charge in [0.15, 0.2) is 5.75 Å². The number of rotatable bonds is 2. The van der Waals surface area contributed by atoms with E-state index in [2.05, 4.69) is 10.2 Å².